The molecule has 2 rings (SSSR count). The summed E-state index contributed by atoms with van der Waals surface area (Å²) >= 11 is 0. The van der Waals surface area contributed by atoms with Crippen molar-refractivity contribution in [3.63, 3.8) is 0 Å². The van der Waals surface area contributed by atoms with Gasteiger partial charge >= 0.3 is 5.97 Å². The van der Waals surface area contributed by atoms with Gasteiger partial charge in [0.05, 0.1) is 6.42 Å². The van der Waals surface area contributed by atoms with Crippen LogP contribution in [0, 0.1) is 5.92 Å². The Morgan fingerprint density at radius 2 is 2.18 bits per heavy atom. The van der Waals surface area contributed by atoms with Crippen LogP contribution < -0.4 is 0 Å². The Balaban J connectivity index is 2.01. The minimum atomic E-state index is -3.46. The number of aliphatic carboxylic acids is 1. The minimum absolute atomic E-state index is 0.0333. The molecule has 17 heavy (non-hydrogen) atoms. The van der Waals surface area contributed by atoms with Crippen LogP contribution in [0.1, 0.15) is 25.7 Å². The number of carboxylic acids is 1. The van der Waals surface area contributed by atoms with Crippen LogP contribution in [0.5, 0.6) is 0 Å². The molecule has 0 aromatic carbocycles. The van der Waals surface area contributed by atoms with Gasteiger partial charge in [0.15, 0.2) is 0 Å². The Kier molecular flexibility index (Phi) is 3.42. The highest BCUT2D eigenvalue weighted by atomic mass is 32.2. The van der Waals surface area contributed by atoms with Crippen molar-refractivity contribution in [1.82, 2.24) is 8.61 Å². The van der Waals surface area contributed by atoms with Gasteiger partial charge in [-0.3, -0.25) is 4.79 Å². The summed E-state index contributed by atoms with van der Waals surface area (Å²) in [4.78, 5) is 10.4. The smallest absolute Gasteiger partial charge is 0.304 e. The Morgan fingerprint density at radius 1 is 1.47 bits per heavy atom. The molecule has 7 heteroatoms. The van der Waals surface area contributed by atoms with Crippen molar-refractivity contribution in [1.29, 1.82) is 0 Å². The molecule has 0 amide bonds. The standard InChI is InChI=1S/C10H18N2O4S/c1-11(5-4-10(13)14)17(15,16)12-7-8-2-3-9(12)6-8/h8-9H,2-7H2,1H3,(H,13,14). The molecule has 2 aliphatic rings. The van der Waals surface area contributed by atoms with E-state index in [0.717, 1.165) is 23.6 Å². The van der Waals surface area contributed by atoms with Gasteiger partial charge in [0.1, 0.15) is 0 Å². The lowest BCUT2D eigenvalue weighted by Gasteiger charge is -2.30. The summed E-state index contributed by atoms with van der Waals surface area (Å²) in [5, 5.41) is 8.56. The summed E-state index contributed by atoms with van der Waals surface area (Å²) < 4.78 is 27.1. The molecule has 2 unspecified atom stereocenters. The Hall–Kier alpha value is -0.660. The van der Waals surface area contributed by atoms with E-state index in [2.05, 4.69) is 0 Å². The van der Waals surface area contributed by atoms with Crippen LogP contribution in [0.3, 0.4) is 0 Å². The lowest BCUT2D eigenvalue weighted by atomic mass is 10.1. The molecular formula is C10H18N2O4S. The fraction of sp³-hybridized carbons (Fsp3) is 0.900. The number of nitrogens with zero attached hydrogens (tertiary/aromatic N) is 2. The number of hydrogen-bond acceptors (Lipinski definition) is 3. The third kappa shape index (κ3) is 2.46. The van der Waals surface area contributed by atoms with E-state index >= 15 is 0 Å². The highest BCUT2D eigenvalue weighted by molar-refractivity contribution is 7.86. The number of hydrogen-bond donors (Lipinski definition) is 1. The normalized spacial score (nSPS) is 29.1. The van der Waals surface area contributed by atoms with E-state index < -0.39 is 16.2 Å². The highest BCUT2D eigenvalue weighted by Gasteiger charge is 2.44. The molecule has 2 atom stereocenters. The zero-order chi connectivity index (χ0) is 12.6. The van der Waals surface area contributed by atoms with Crippen LogP contribution in [0.2, 0.25) is 0 Å². The van der Waals surface area contributed by atoms with Gasteiger partial charge < -0.3 is 5.11 Å². The molecule has 1 saturated carbocycles. The van der Waals surface area contributed by atoms with E-state index in [1.807, 2.05) is 0 Å². The van der Waals surface area contributed by atoms with Crippen LogP contribution in [-0.4, -0.2) is 54.3 Å². The average Bonchev–Trinajstić information content (AvgIpc) is 2.87. The fourth-order valence-electron chi connectivity index (χ4n) is 2.71. The maximum absolute atomic E-state index is 12.2. The first-order valence-corrected chi connectivity index (χ1v) is 7.26. The fourth-order valence-corrected chi connectivity index (χ4v) is 4.36. The van der Waals surface area contributed by atoms with E-state index in [9.17, 15) is 13.2 Å². The third-order valence-electron chi connectivity index (χ3n) is 3.69. The first-order chi connectivity index (χ1) is 7.91. The second-order valence-corrected chi connectivity index (χ2v) is 6.86. The highest BCUT2D eigenvalue weighted by Crippen LogP contribution is 2.39. The molecule has 0 aromatic rings. The van der Waals surface area contributed by atoms with Crippen molar-refractivity contribution in [3.05, 3.63) is 0 Å². The molecule has 98 valence electrons. The quantitative estimate of drug-likeness (QED) is 0.763. The first-order valence-electron chi connectivity index (χ1n) is 5.86. The molecule has 1 aliphatic heterocycles. The van der Waals surface area contributed by atoms with Crippen LogP contribution in [0.4, 0.5) is 0 Å². The predicted molar refractivity (Wildman–Crippen MR) is 61.6 cm³/mol. The Bertz CT molecular complexity index is 409. The van der Waals surface area contributed by atoms with Crippen LogP contribution in [-0.2, 0) is 15.0 Å². The lowest BCUT2D eigenvalue weighted by Crippen LogP contribution is -2.46. The molecule has 2 fully saturated rings. The van der Waals surface area contributed by atoms with Crippen LogP contribution in [0.25, 0.3) is 0 Å². The second-order valence-electron chi connectivity index (χ2n) is 4.88. The SMILES string of the molecule is CN(CCC(=O)O)S(=O)(=O)N1CC2CCC1C2. The zero-order valence-electron chi connectivity index (χ0n) is 9.87. The molecule has 1 N–H and O–H groups in total. The zero-order valence-corrected chi connectivity index (χ0v) is 10.7. The number of carboxylic acid groups (broad SMARTS) is 1. The largest absolute Gasteiger partial charge is 0.481 e. The van der Waals surface area contributed by atoms with E-state index in [1.165, 1.54) is 7.05 Å². The average molecular weight is 262 g/mol. The molecule has 6 nitrogen and oxygen atoms in total. The van der Waals surface area contributed by atoms with Crippen LogP contribution in [0.15, 0.2) is 0 Å². The Morgan fingerprint density at radius 3 is 2.65 bits per heavy atom. The summed E-state index contributed by atoms with van der Waals surface area (Å²) in [5.74, 6) is -0.474. The molecular weight excluding hydrogens is 244 g/mol. The lowest BCUT2D eigenvalue weighted by molar-refractivity contribution is -0.137. The number of rotatable bonds is 5. The van der Waals surface area contributed by atoms with Crippen molar-refractivity contribution in [2.75, 3.05) is 20.1 Å². The van der Waals surface area contributed by atoms with Crippen molar-refractivity contribution < 1.29 is 18.3 Å². The summed E-state index contributed by atoms with van der Waals surface area (Å²) in [6, 6.07) is 0.136. The van der Waals surface area contributed by atoms with Gasteiger partial charge in [0.2, 0.25) is 0 Å². The van der Waals surface area contributed by atoms with E-state index in [0.29, 0.717) is 12.5 Å². The van der Waals surface area contributed by atoms with Crippen molar-refractivity contribution in [2.24, 2.45) is 5.92 Å². The van der Waals surface area contributed by atoms with Gasteiger partial charge in [-0.15, -0.1) is 0 Å². The van der Waals surface area contributed by atoms with Crippen molar-refractivity contribution in [2.45, 2.75) is 31.7 Å². The van der Waals surface area contributed by atoms with Gasteiger partial charge in [0, 0.05) is 26.2 Å². The number of fused-ring (bicyclic) bond motifs is 2. The number of piperidine rings is 1. The summed E-state index contributed by atoms with van der Waals surface area (Å²) in [6.45, 7) is 0.635. The topological polar surface area (TPSA) is 77.9 Å². The summed E-state index contributed by atoms with van der Waals surface area (Å²) in [7, 11) is -2.01. The van der Waals surface area contributed by atoms with E-state index in [1.54, 1.807) is 4.31 Å². The predicted octanol–water partition coefficient (Wildman–Crippen LogP) is 0.122. The molecule has 1 heterocycles. The summed E-state index contributed by atoms with van der Waals surface area (Å²) in [5.41, 5.74) is 0. The number of carbonyl (C=O) groups is 1. The van der Waals surface area contributed by atoms with Gasteiger partial charge in [0.25, 0.3) is 10.2 Å². The second kappa shape index (κ2) is 4.55. The Labute approximate surface area is 101 Å². The molecule has 0 aromatic heterocycles. The maximum atomic E-state index is 12.2. The molecule has 1 aliphatic carbocycles. The monoisotopic (exact) mass is 262 g/mol. The molecule has 0 radical (unpaired) electrons. The van der Waals surface area contributed by atoms with E-state index in [-0.39, 0.29) is 19.0 Å². The van der Waals surface area contributed by atoms with E-state index in [4.69, 9.17) is 5.11 Å². The maximum Gasteiger partial charge on any atom is 0.304 e. The molecule has 2 bridgehead atoms. The van der Waals surface area contributed by atoms with Gasteiger partial charge in [-0.1, -0.05) is 0 Å². The minimum Gasteiger partial charge on any atom is -0.481 e. The first kappa shape index (κ1) is 12.8. The van der Waals surface area contributed by atoms with Gasteiger partial charge in [-0.25, -0.2) is 0 Å². The van der Waals surface area contributed by atoms with Crippen LogP contribution >= 0.6 is 0 Å². The summed E-state index contributed by atoms with van der Waals surface area (Å²) in [6.07, 6.45) is 2.87. The molecule has 1 saturated heterocycles. The van der Waals surface area contributed by atoms with Gasteiger partial charge in [-0.2, -0.15) is 17.0 Å². The van der Waals surface area contributed by atoms with Gasteiger partial charge in [-0.05, 0) is 25.2 Å². The van der Waals surface area contributed by atoms with Crippen molar-refractivity contribution in [3.8, 4) is 0 Å². The third-order valence-corrected chi connectivity index (χ3v) is 5.70. The van der Waals surface area contributed by atoms with Crippen molar-refractivity contribution >= 4 is 16.2 Å². The molecule has 0 spiro atoms.